The van der Waals surface area contributed by atoms with Crippen LogP contribution in [0.15, 0.2) is 42.6 Å². The molecule has 1 aromatic heterocycles. The van der Waals surface area contributed by atoms with Crippen molar-refractivity contribution in [2.45, 2.75) is 19.4 Å². The van der Waals surface area contributed by atoms with E-state index in [4.69, 9.17) is 23.7 Å². The van der Waals surface area contributed by atoms with Crippen LogP contribution in [-0.4, -0.2) is 22.9 Å². The molecule has 0 saturated heterocycles. The Morgan fingerprint density at radius 1 is 1.25 bits per heavy atom. The highest BCUT2D eigenvalue weighted by atomic mass is 32.1. The summed E-state index contributed by atoms with van der Waals surface area (Å²) in [4.78, 5) is 24.4. The minimum atomic E-state index is -0.715. The molecule has 1 atom stereocenters. The number of nitrogens with two attached hydrogens (primary N) is 2. The van der Waals surface area contributed by atoms with Gasteiger partial charge in [-0.15, -0.1) is 0 Å². The quantitative estimate of drug-likeness (QED) is 0.697. The summed E-state index contributed by atoms with van der Waals surface area (Å²) in [6.45, 7) is 2.52. The first-order valence-electron chi connectivity index (χ1n) is 7.60. The zero-order chi connectivity index (χ0) is 17.7. The molecule has 0 spiro atoms. The fraction of sp³-hybridized carbons (Fsp3) is 0.235. The van der Waals surface area contributed by atoms with E-state index in [0.29, 0.717) is 6.54 Å². The first-order chi connectivity index (χ1) is 11.5. The van der Waals surface area contributed by atoms with Crippen molar-refractivity contribution in [3.63, 3.8) is 0 Å². The molecule has 2 amide bonds. The van der Waals surface area contributed by atoms with Gasteiger partial charge in [0.2, 0.25) is 5.91 Å². The van der Waals surface area contributed by atoms with Gasteiger partial charge in [0.1, 0.15) is 10.7 Å². The van der Waals surface area contributed by atoms with Gasteiger partial charge in [0, 0.05) is 18.4 Å². The number of aromatic nitrogens is 1. The van der Waals surface area contributed by atoms with Crippen molar-refractivity contribution in [3.8, 4) is 0 Å². The number of nitrogens with one attached hydrogen (secondary N) is 1. The number of anilines is 1. The highest BCUT2D eigenvalue weighted by molar-refractivity contribution is 7.71. The zero-order valence-electron chi connectivity index (χ0n) is 13.4. The maximum absolute atomic E-state index is 12.7. The monoisotopic (exact) mass is 344 g/mol. The summed E-state index contributed by atoms with van der Waals surface area (Å²) in [6.07, 6.45) is 2.42. The third-order valence-electron chi connectivity index (χ3n) is 3.59. The predicted octanol–water partition coefficient (Wildman–Crippen LogP) is 2.01. The molecule has 0 saturated carbocycles. The van der Waals surface area contributed by atoms with E-state index in [2.05, 4.69) is 5.32 Å². The molecule has 7 heteroatoms. The van der Waals surface area contributed by atoms with Crippen molar-refractivity contribution < 1.29 is 9.59 Å². The van der Waals surface area contributed by atoms with Crippen LogP contribution in [0.1, 0.15) is 35.3 Å². The first kappa shape index (κ1) is 17.7. The third-order valence-corrected chi connectivity index (χ3v) is 4.00. The highest BCUT2D eigenvalue weighted by Crippen LogP contribution is 2.23. The van der Waals surface area contributed by atoms with Crippen molar-refractivity contribution >= 4 is 29.7 Å². The number of benzene rings is 1. The van der Waals surface area contributed by atoms with E-state index in [-0.39, 0.29) is 21.8 Å². The van der Waals surface area contributed by atoms with E-state index in [1.165, 1.54) is 6.07 Å². The maximum atomic E-state index is 12.7. The van der Waals surface area contributed by atoms with Crippen LogP contribution in [-0.2, 0) is 4.79 Å². The molecule has 0 fully saturated rings. The van der Waals surface area contributed by atoms with E-state index >= 15 is 0 Å². The summed E-state index contributed by atoms with van der Waals surface area (Å²) in [5.41, 5.74) is 12.2. The number of carbonyl (C=O) groups is 2. The Morgan fingerprint density at radius 3 is 2.50 bits per heavy atom. The lowest BCUT2D eigenvalue weighted by Gasteiger charge is -2.22. The second-order valence-electron chi connectivity index (χ2n) is 5.33. The standard InChI is InChI=1S/C17H20N4O2S/c1-2-9-20-16(23)14(11-6-4-3-5-7-11)21-10-8-12(18)13(15(19)22)17(21)24/h3-8,10,14H,2,9,18H2,1H3,(H2,19,22)(H,20,23). The number of hydrogen-bond donors (Lipinski definition) is 3. The number of primary amides is 1. The lowest BCUT2D eigenvalue weighted by Crippen LogP contribution is -2.34. The fourth-order valence-corrected chi connectivity index (χ4v) is 2.82. The molecule has 1 unspecified atom stereocenters. The molecule has 5 N–H and O–H groups in total. The average Bonchev–Trinajstić information content (AvgIpc) is 2.56. The topological polar surface area (TPSA) is 103 Å². The van der Waals surface area contributed by atoms with E-state index in [9.17, 15) is 9.59 Å². The van der Waals surface area contributed by atoms with Gasteiger partial charge in [-0.1, -0.05) is 49.5 Å². The van der Waals surface area contributed by atoms with Crippen molar-refractivity contribution in [1.29, 1.82) is 0 Å². The summed E-state index contributed by atoms with van der Waals surface area (Å²) in [6, 6.07) is 10.0. The molecule has 0 bridgehead atoms. The fourth-order valence-electron chi connectivity index (χ4n) is 2.43. The van der Waals surface area contributed by atoms with Gasteiger partial charge in [0.25, 0.3) is 5.91 Å². The summed E-state index contributed by atoms with van der Waals surface area (Å²) in [5.74, 6) is -0.924. The molecule has 1 heterocycles. The number of nitrogens with zero attached hydrogens (tertiary/aromatic N) is 1. The smallest absolute Gasteiger partial charge is 0.253 e. The van der Waals surface area contributed by atoms with Crippen LogP contribution in [0.5, 0.6) is 0 Å². The molecule has 1 aromatic carbocycles. The zero-order valence-corrected chi connectivity index (χ0v) is 14.2. The van der Waals surface area contributed by atoms with Crippen molar-refractivity contribution in [3.05, 3.63) is 58.4 Å². The number of carbonyl (C=O) groups excluding carboxylic acids is 2. The average molecular weight is 344 g/mol. The molecule has 0 aliphatic heterocycles. The normalized spacial score (nSPS) is 11.7. The number of amides is 2. The van der Waals surface area contributed by atoms with Gasteiger partial charge in [-0.3, -0.25) is 9.59 Å². The second kappa shape index (κ2) is 7.74. The molecule has 2 rings (SSSR count). The number of rotatable bonds is 6. The Balaban J connectivity index is 2.60. The highest BCUT2D eigenvalue weighted by Gasteiger charge is 2.24. The molecule has 0 radical (unpaired) electrons. The first-order valence-corrected chi connectivity index (χ1v) is 8.01. The second-order valence-corrected chi connectivity index (χ2v) is 5.71. The van der Waals surface area contributed by atoms with Gasteiger partial charge in [-0.2, -0.15) is 0 Å². The van der Waals surface area contributed by atoms with Gasteiger partial charge in [0.15, 0.2) is 0 Å². The van der Waals surface area contributed by atoms with Crippen LogP contribution in [0.4, 0.5) is 5.69 Å². The summed E-state index contributed by atoms with van der Waals surface area (Å²) in [5, 5.41) is 2.87. The molecule has 126 valence electrons. The minimum Gasteiger partial charge on any atom is -0.398 e. The van der Waals surface area contributed by atoms with Crippen molar-refractivity contribution in [2.75, 3.05) is 12.3 Å². The molecule has 0 aliphatic rings. The van der Waals surface area contributed by atoms with Gasteiger partial charge in [0.05, 0.1) is 5.56 Å². The van der Waals surface area contributed by atoms with Crippen LogP contribution >= 0.6 is 12.2 Å². The molecule has 2 aromatic rings. The lowest BCUT2D eigenvalue weighted by atomic mass is 10.0. The number of nitrogen functional groups attached to an aromatic ring is 1. The van der Waals surface area contributed by atoms with Crippen LogP contribution in [0.25, 0.3) is 0 Å². The van der Waals surface area contributed by atoms with E-state index in [1.54, 1.807) is 10.8 Å². The SMILES string of the molecule is CCCNC(=O)C(c1ccccc1)n1ccc(N)c(C(N)=O)c1=S. The molecule has 6 nitrogen and oxygen atoms in total. The molecular weight excluding hydrogens is 324 g/mol. The van der Waals surface area contributed by atoms with Crippen LogP contribution in [0.3, 0.4) is 0 Å². The van der Waals surface area contributed by atoms with E-state index < -0.39 is 11.9 Å². The van der Waals surface area contributed by atoms with Gasteiger partial charge >= 0.3 is 0 Å². The predicted molar refractivity (Wildman–Crippen MR) is 96.1 cm³/mol. The van der Waals surface area contributed by atoms with Crippen molar-refractivity contribution in [1.82, 2.24) is 9.88 Å². The molecule has 0 aliphatic carbocycles. The molecule has 24 heavy (non-hydrogen) atoms. The largest absolute Gasteiger partial charge is 0.398 e. The van der Waals surface area contributed by atoms with Crippen molar-refractivity contribution in [2.24, 2.45) is 5.73 Å². The minimum absolute atomic E-state index is 0.0525. The Bertz CT molecular complexity index is 802. The molecular formula is C17H20N4O2S. The Morgan fingerprint density at radius 2 is 1.92 bits per heavy atom. The van der Waals surface area contributed by atoms with Gasteiger partial charge in [-0.25, -0.2) is 0 Å². The van der Waals surface area contributed by atoms with Crippen LogP contribution in [0.2, 0.25) is 0 Å². The Hall–Kier alpha value is -2.67. The maximum Gasteiger partial charge on any atom is 0.253 e. The Labute approximate surface area is 145 Å². The van der Waals surface area contributed by atoms with E-state index in [0.717, 1.165) is 12.0 Å². The van der Waals surface area contributed by atoms with Gasteiger partial charge < -0.3 is 21.4 Å². The number of hydrogen-bond acceptors (Lipinski definition) is 4. The number of pyridine rings is 1. The summed E-state index contributed by atoms with van der Waals surface area (Å²) >= 11 is 5.37. The van der Waals surface area contributed by atoms with Crippen LogP contribution < -0.4 is 16.8 Å². The summed E-state index contributed by atoms with van der Waals surface area (Å²) in [7, 11) is 0. The third kappa shape index (κ3) is 3.62. The Kier molecular flexibility index (Phi) is 5.70. The van der Waals surface area contributed by atoms with Crippen LogP contribution in [0, 0.1) is 4.64 Å². The lowest BCUT2D eigenvalue weighted by molar-refractivity contribution is -0.123. The van der Waals surface area contributed by atoms with E-state index in [1.807, 2.05) is 37.3 Å². The summed E-state index contributed by atoms with van der Waals surface area (Å²) < 4.78 is 1.69. The van der Waals surface area contributed by atoms with Gasteiger partial charge in [-0.05, 0) is 18.1 Å².